The lowest BCUT2D eigenvalue weighted by Crippen LogP contribution is -2.23. The van der Waals surface area contributed by atoms with E-state index in [-0.39, 0.29) is 5.91 Å². The lowest BCUT2D eigenvalue weighted by Gasteiger charge is -2.11. The quantitative estimate of drug-likeness (QED) is 0.189. The number of aryl methyl sites for hydroxylation is 1. The van der Waals surface area contributed by atoms with Crippen molar-refractivity contribution in [1.29, 1.82) is 0 Å². The Kier molecular flexibility index (Phi) is 6.16. The number of hydrogen-bond donors (Lipinski definition) is 0. The average molecular weight is 476 g/mol. The normalized spacial score (nSPS) is 11.5. The number of halogens is 1. The van der Waals surface area contributed by atoms with Crippen molar-refractivity contribution in [1.82, 2.24) is 4.98 Å². The summed E-state index contributed by atoms with van der Waals surface area (Å²) in [5.74, 6) is -0.264. The van der Waals surface area contributed by atoms with Crippen LogP contribution in [0.1, 0.15) is 16.7 Å². The molecule has 148 valence electrons. The van der Waals surface area contributed by atoms with Crippen LogP contribution in [-0.4, -0.2) is 17.1 Å². The highest BCUT2D eigenvalue weighted by Gasteiger charge is 2.17. The summed E-state index contributed by atoms with van der Waals surface area (Å²) in [5, 5.41) is 6.33. The van der Waals surface area contributed by atoms with E-state index in [4.69, 9.17) is 0 Å². The van der Waals surface area contributed by atoms with Gasteiger partial charge in [-0.05, 0) is 42.3 Å². The molecule has 0 radical (unpaired) electrons. The van der Waals surface area contributed by atoms with Crippen LogP contribution in [0.2, 0.25) is 0 Å². The molecular weight excluding hydrogens is 458 g/mol. The lowest BCUT2D eigenvalue weighted by atomic mass is 10.2. The first-order valence-electron chi connectivity index (χ1n) is 9.32. The van der Waals surface area contributed by atoms with E-state index in [9.17, 15) is 4.79 Å². The van der Waals surface area contributed by atoms with Crippen LogP contribution >= 0.6 is 27.3 Å². The average Bonchev–Trinajstić information content (AvgIpc) is 3.17. The van der Waals surface area contributed by atoms with Crippen molar-refractivity contribution in [3.63, 3.8) is 0 Å². The van der Waals surface area contributed by atoms with Crippen molar-refractivity contribution in [2.45, 2.75) is 6.92 Å². The molecule has 0 aliphatic rings. The Bertz CT molecular complexity index is 1230. The summed E-state index contributed by atoms with van der Waals surface area (Å²) in [5.41, 5.74) is 3.85. The molecule has 6 heteroatoms. The van der Waals surface area contributed by atoms with Gasteiger partial charge in [-0.2, -0.15) is 10.1 Å². The molecule has 0 saturated heterocycles. The van der Waals surface area contributed by atoms with E-state index in [1.54, 1.807) is 12.3 Å². The number of carbonyl (C=O) groups excluding carboxylic acids is 1. The van der Waals surface area contributed by atoms with E-state index >= 15 is 0 Å². The van der Waals surface area contributed by atoms with Gasteiger partial charge in [-0.1, -0.05) is 87.4 Å². The highest BCUT2D eigenvalue weighted by Crippen LogP contribution is 2.31. The highest BCUT2D eigenvalue weighted by molar-refractivity contribution is 9.10. The Morgan fingerprint density at radius 1 is 1.03 bits per heavy atom. The molecule has 4 nitrogen and oxygen atoms in total. The molecule has 3 aromatic carbocycles. The molecule has 30 heavy (non-hydrogen) atoms. The summed E-state index contributed by atoms with van der Waals surface area (Å²) >= 11 is 4.91. The summed E-state index contributed by atoms with van der Waals surface area (Å²) in [6, 6.07) is 23.5. The zero-order chi connectivity index (χ0) is 20.9. The number of carbonyl (C=O) groups is 1. The van der Waals surface area contributed by atoms with Gasteiger partial charge in [0.1, 0.15) is 0 Å². The third kappa shape index (κ3) is 4.90. The largest absolute Gasteiger partial charge is 0.273 e. The van der Waals surface area contributed by atoms with E-state index in [0.717, 1.165) is 25.8 Å². The van der Waals surface area contributed by atoms with Crippen LogP contribution in [-0.2, 0) is 4.79 Å². The number of amides is 1. The van der Waals surface area contributed by atoms with Gasteiger partial charge >= 0.3 is 0 Å². The molecule has 0 atom stereocenters. The minimum absolute atomic E-state index is 0.264. The topological polar surface area (TPSA) is 45.6 Å². The van der Waals surface area contributed by atoms with Crippen molar-refractivity contribution >= 4 is 60.8 Å². The summed E-state index contributed by atoms with van der Waals surface area (Å²) in [6.45, 7) is 2.03. The maximum absolute atomic E-state index is 13.0. The number of anilines is 1. The zero-order valence-corrected chi connectivity index (χ0v) is 18.6. The van der Waals surface area contributed by atoms with Crippen molar-refractivity contribution in [3.8, 4) is 0 Å². The first kappa shape index (κ1) is 20.2. The van der Waals surface area contributed by atoms with E-state index in [1.807, 2.05) is 79.7 Å². The lowest BCUT2D eigenvalue weighted by molar-refractivity contribution is -0.114. The predicted octanol–water partition coefficient (Wildman–Crippen LogP) is 6.45. The van der Waals surface area contributed by atoms with Gasteiger partial charge in [-0.15, -0.1) is 0 Å². The van der Waals surface area contributed by atoms with Crippen molar-refractivity contribution in [2.24, 2.45) is 5.10 Å². The summed E-state index contributed by atoms with van der Waals surface area (Å²) in [7, 11) is 0. The van der Waals surface area contributed by atoms with Crippen LogP contribution in [0.15, 0.2) is 88.4 Å². The highest BCUT2D eigenvalue weighted by atomic mass is 79.9. The third-order valence-corrected chi connectivity index (χ3v) is 5.83. The first-order chi connectivity index (χ1) is 14.6. The van der Waals surface area contributed by atoms with Crippen molar-refractivity contribution < 1.29 is 4.79 Å². The SMILES string of the molecule is Cc1ccc(/C=N/N(C(=O)/C=C/c2ccccc2)c2nc3ccc(Br)cc3s2)cc1. The second-order valence-electron chi connectivity index (χ2n) is 6.66. The molecule has 1 heterocycles. The second-order valence-corrected chi connectivity index (χ2v) is 8.58. The van der Waals surface area contributed by atoms with E-state index in [2.05, 4.69) is 26.0 Å². The van der Waals surface area contributed by atoms with Crippen LogP contribution in [0.4, 0.5) is 5.13 Å². The third-order valence-electron chi connectivity index (χ3n) is 4.35. The monoisotopic (exact) mass is 475 g/mol. The molecule has 1 aromatic heterocycles. The zero-order valence-electron chi connectivity index (χ0n) is 16.2. The summed E-state index contributed by atoms with van der Waals surface area (Å²) < 4.78 is 1.95. The van der Waals surface area contributed by atoms with Crippen LogP contribution < -0.4 is 5.01 Å². The van der Waals surface area contributed by atoms with Crippen molar-refractivity contribution in [3.05, 3.63) is 100 Å². The molecule has 0 saturated carbocycles. The maximum Gasteiger partial charge on any atom is 0.273 e. The maximum atomic E-state index is 13.0. The molecule has 0 aliphatic carbocycles. The number of rotatable bonds is 5. The Labute approximate surface area is 187 Å². The number of hydrazone groups is 1. The van der Waals surface area contributed by atoms with Gasteiger partial charge in [-0.25, -0.2) is 4.98 Å². The van der Waals surface area contributed by atoms with E-state index in [1.165, 1.54) is 28.0 Å². The molecule has 0 spiro atoms. The van der Waals surface area contributed by atoms with Gasteiger partial charge in [0.15, 0.2) is 0 Å². The molecule has 0 unspecified atom stereocenters. The van der Waals surface area contributed by atoms with Crippen LogP contribution in [0, 0.1) is 6.92 Å². The number of thiazole rings is 1. The Morgan fingerprint density at radius 3 is 2.57 bits per heavy atom. The van der Waals surface area contributed by atoms with Crippen LogP contribution in [0.3, 0.4) is 0 Å². The molecule has 4 aromatic rings. The number of hydrogen-bond acceptors (Lipinski definition) is 4. The van der Waals surface area contributed by atoms with Crippen LogP contribution in [0.25, 0.3) is 16.3 Å². The van der Waals surface area contributed by atoms with Crippen molar-refractivity contribution in [2.75, 3.05) is 5.01 Å². The fourth-order valence-electron chi connectivity index (χ4n) is 2.76. The molecule has 0 N–H and O–H groups in total. The van der Waals surface area contributed by atoms with Gasteiger partial charge < -0.3 is 0 Å². The van der Waals surface area contributed by atoms with Gasteiger partial charge in [0.2, 0.25) is 5.13 Å². The number of fused-ring (bicyclic) bond motifs is 1. The minimum Gasteiger partial charge on any atom is -0.267 e. The molecule has 0 aliphatic heterocycles. The van der Waals surface area contributed by atoms with Gasteiger partial charge in [0.25, 0.3) is 5.91 Å². The Balaban J connectivity index is 1.68. The number of aromatic nitrogens is 1. The van der Waals surface area contributed by atoms with E-state index in [0.29, 0.717) is 5.13 Å². The molecule has 0 bridgehead atoms. The fourth-order valence-corrected chi connectivity index (χ4v) is 4.24. The predicted molar refractivity (Wildman–Crippen MR) is 129 cm³/mol. The summed E-state index contributed by atoms with van der Waals surface area (Å²) in [4.78, 5) is 17.6. The number of nitrogens with zero attached hydrogens (tertiary/aromatic N) is 3. The standard InChI is InChI=1S/C24H18BrN3OS/c1-17-7-9-19(10-8-17)16-26-28(23(29)14-11-18-5-3-2-4-6-18)24-27-21-13-12-20(25)15-22(21)30-24/h2-16H,1H3/b14-11+,26-16+. The Morgan fingerprint density at radius 2 is 1.80 bits per heavy atom. The molecular formula is C24H18BrN3OS. The Hall–Kier alpha value is -3.09. The molecule has 1 amide bonds. The second kappa shape index (κ2) is 9.15. The minimum atomic E-state index is -0.264. The molecule has 0 fully saturated rings. The fraction of sp³-hybridized carbons (Fsp3) is 0.0417. The first-order valence-corrected chi connectivity index (χ1v) is 10.9. The van der Waals surface area contributed by atoms with Gasteiger partial charge in [-0.3, -0.25) is 4.79 Å². The number of benzene rings is 3. The smallest absolute Gasteiger partial charge is 0.267 e. The van der Waals surface area contributed by atoms with Gasteiger partial charge in [0.05, 0.1) is 16.4 Å². The molecule has 4 rings (SSSR count). The van der Waals surface area contributed by atoms with Gasteiger partial charge in [0, 0.05) is 10.5 Å². The summed E-state index contributed by atoms with van der Waals surface area (Å²) in [6.07, 6.45) is 4.97. The van der Waals surface area contributed by atoms with Crippen LogP contribution in [0.5, 0.6) is 0 Å². The van der Waals surface area contributed by atoms with E-state index < -0.39 is 0 Å².